The molecule has 0 amide bonds. The van der Waals surface area contributed by atoms with E-state index < -0.39 is 12.0 Å². The molecule has 0 saturated carbocycles. The molecule has 3 aromatic rings. The molecule has 0 unspecified atom stereocenters. The van der Waals surface area contributed by atoms with E-state index in [9.17, 15) is 9.59 Å². The third-order valence-corrected chi connectivity index (χ3v) is 7.63. The topological polar surface area (TPSA) is 86.3 Å². The van der Waals surface area contributed by atoms with Crippen LogP contribution in [0.1, 0.15) is 56.5 Å². The Hall–Kier alpha value is -3.43. The van der Waals surface area contributed by atoms with Crippen molar-refractivity contribution in [3.05, 3.63) is 84.2 Å². The van der Waals surface area contributed by atoms with E-state index in [-0.39, 0.29) is 12.2 Å². The molecule has 0 spiro atoms. The monoisotopic (exact) mass is 521 g/mol. The van der Waals surface area contributed by atoms with Gasteiger partial charge in [0.05, 0.1) is 41.7 Å². The standard InChI is InChI=1S/C28H31N3O5S/c1-5-35-27(33)24-18(4)29-28-31(25(24)20-8-6-19(7-9-20)17(2)3)26(32)22(37-28)16-21-10-11-23(36-21)30-12-14-34-15-13-30/h6-11,16-17,25H,5,12-15H2,1-4H3/b22-16-/t25-/m1/s1. The molecular weight excluding hydrogens is 490 g/mol. The summed E-state index contributed by atoms with van der Waals surface area (Å²) >= 11 is 1.29. The first-order chi connectivity index (χ1) is 17.9. The summed E-state index contributed by atoms with van der Waals surface area (Å²) in [5, 5.41) is 0. The maximum atomic E-state index is 13.8. The average Bonchev–Trinajstić information content (AvgIpc) is 3.48. The van der Waals surface area contributed by atoms with Crippen LogP contribution in [0.15, 0.2) is 61.9 Å². The fourth-order valence-electron chi connectivity index (χ4n) is 4.67. The van der Waals surface area contributed by atoms with Gasteiger partial charge in [0, 0.05) is 25.2 Å². The number of hydrogen-bond donors (Lipinski definition) is 0. The van der Waals surface area contributed by atoms with E-state index in [0.29, 0.717) is 45.5 Å². The number of fused-ring (bicyclic) bond motifs is 1. The van der Waals surface area contributed by atoms with Gasteiger partial charge in [-0.1, -0.05) is 49.4 Å². The van der Waals surface area contributed by atoms with Crippen LogP contribution in [-0.2, 0) is 14.3 Å². The van der Waals surface area contributed by atoms with Gasteiger partial charge < -0.3 is 18.8 Å². The molecule has 1 saturated heterocycles. The van der Waals surface area contributed by atoms with Gasteiger partial charge in [-0.25, -0.2) is 9.79 Å². The van der Waals surface area contributed by atoms with Crippen LogP contribution in [0.25, 0.3) is 6.08 Å². The lowest BCUT2D eigenvalue weighted by atomic mass is 9.93. The van der Waals surface area contributed by atoms with Gasteiger partial charge in [-0.15, -0.1) is 0 Å². The van der Waals surface area contributed by atoms with E-state index in [1.807, 2.05) is 36.4 Å². The molecule has 5 rings (SSSR count). The molecule has 1 fully saturated rings. The van der Waals surface area contributed by atoms with Crippen LogP contribution >= 0.6 is 11.3 Å². The minimum Gasteiger partial charge on any atom is -0.463 e. The number of allylic oxidation sites excluding steroid dienone is 1. The smallest absolute Gasteiger partial charge is 0.338 e. The highest BCUT2D eigenvalue weighted by atomic mass is 32.1. The summed E-state index contributed by atoms with van der Waals surface area (Å²) in [6, 6.07) is 11.2. The van der Waals surface area contributed by atoms with Gasteiger partial charge in [0.2, 0.25) is 0 Å². The Morgan fingerprint density at radius 2 is 1.92 bits per heavy atom. The van der Waals surface area contributed by atoms with Crippen LogP contribution in [-0.4, -0.2) is 43.4 Å². The highest BCUT2D eigenvalue weighted by Gasteiger charge is 2.33. The summed E-state index contributed by atoms with van der Waals surface area (Å²) in [6.45, 7) is 10.9. The molecule has 0 radical (unpaired) electrons. The van der Waals surface area contributed by atoms with E-state index in [1.165, 1.54) is 16.9 Å². The maximum absolute atomic E-state index is 13.8. The van der Waals surface area contributed by atoms with Crippen molar-refractivity contribution in [2.45, 2.75) is 39.7 Å². The zero-order chi connectivity index (χ0) is 26.1. The van der Waals surface area contributed by atoms with Crippen molar-refractivity contribution in [3.8, 4) is 0 Å². The predicted molar refractivity (Wildman–Crippen MR) is 143 cm³/mol. The number of carbonyl (C=O) groups excluding carboxylic acids is 1. The van der Waals surface area contributed by atoms with Gasteiger partial charge in [0.1, 0.15) is 5.76 Å². The molecule has 4 heterocycles. The molecule has 1 aromatic carbocycles. The van der Waals surface area contributed by atoms with Crippen molar-refractivity contribution < 1.29 is 18.7 Å². The second kappa shape index (κ2) is 10.5. The molecule has 2 aromatic heterocycles. The van der Waals surface area contributed by atoms with Crippen LogP contribution < -0.4 is 19.8 Å². The van der Waals surface area contributed by atoms with Crippen molar-refractivity contribution in [2.24, 2.45) is 4.99 Å². The summed E-state index contributed by atoms with van der Waals surface area (Å²) in [7, 11) is 0. The predicted octanol–water partition coefficient (Wildman–Crippen LogP) is 3.35. The summed E-state index contributed by atoms with van der Waals surface area (Å²) < 4.78 is 18.9. The van der Waals surface area contributed by atoms with E-state index in [1.54, 1.807) is 24.5 Å². The zero-order valence-corrected chi connectivity index (χ0v) is 22.3. The SMILES string of the molecule is CCOC(=O)C1=C(C)N=c2s/c(=C\c3ccc(N4CCOCC4)o3)c(=O)n2[C@@H]1c1ccc(C(C)C)cc1. The first-order valence-electron chi connectivity index (χ1n) is 12.6. The maximum Gasteiger partial charge on any atom is 0.338 e. The molecule has 37 heavy (non-hydrogen) atoms. The number of hydrogen-bond acceptors (Lipinski definition) is 8. The summed E-state index contributed by atoms with van der Waals surface area (Å²) in [5.41, 5.74) is 2.73. The summed E-state index contributed by atoms with van der Waals surface area (Å²) in [6.07, 6.45) is 1.75. The summed E-state index contributed by atoms with van der Waals surface area (Å²) in [4.78, 5) is 34.1. The number of morpholine rings is 1. The molecule has 0 N–H and O–H groups in total. The van der Waals surface area contributed by atoms with Crippen molar-refractivity contribution in [1.82, 2.24) is 4.57 Å². The Kier molecular flexibility index (Phi) is 7.17. The Bertz CT molecular complexity index is 1500. The number of furan rings is 1. The normalized spacial score (nSPS) is 18.2. The highest BCUT2D eigenvalue weighted by molar-refractivity contribution is 7.07. The number of benzene rings is 1. The number of ether oxygens (including phenoxy) is 2. The summed E-state index contributed by atoms with van der Waals surface area (Å²) in [5.74, 6) is 1.25. The number of esters is 1. The number of thiazole rings is 1. The lowest BCUT2D eigenvalue weighted by Crippen LogP contribution is -2.39. The van der Waals surface area contributed by atoms with Crippen LogP contribution in [0.5, 0.6) is 0 Å². The average molecular weight is 522 g/mol. The fourth-order valence-corrected chi connectivity index (χ4v) is 5.70. The molecule has 0 bridgehead atoms. The Morgan fingerprint density at radius 1 is 1.19 bits per heavy atom. The van der Waals surface area contributed by atoms with Gasteiger partial charge in [0.25, 0.3) is 5.56 Å². The minimum absolute atomic E-state index is 0.222. The molecule has 8 nitrogen and oxygen atoms in total. The van der Waals surface area contributed by atoms with E-state index >= 15 is 0 Å². The molecule has 0 aliphatic carbocycles. The second-order valence-electron chi connectivity index (χ2n) is 9.40. The lowest BCUT2D eigenvalue weighted by Gasteiger charge is -2.26. The molecule has 9 heteroatoms. The molecule has 194 valence electrons. The fraction of sp³-hybridized carbons (Fsp3) is 0.393. The van der Waals surface area contributed by atoms with Crippen molar-refractivity contribution in [1.29, 1.82) is 0 Å². The van der Waals surface area contributed by atoms with E-state index in [0.717, 1.165) is 24.5 Å². The van der Waals surface area contributed by atoms with Crippen LogP contribution in [0.4, 0.5) is 5.88 Å². The minimum atomic E-state index is -0.626. The van der Waals surface area contributed by atoms with Gasteiger partial charge in [0.15, 0.2) is 10.7 Å². The zero-order valence-electron chi connectivity index (χ0n) is 21.5. The highest BCUT2D eigenvalue weighted by Crippen LogP contribution is 2.31. The Labute approximate surface area is 219 Å². The number of rotatable bonds is 6. The van der Waals surface area contributed by atoms with Crippen molar-refractivity contribution in [3.63, 3.8) is 0 Å². The van der Waals surface area contributed by atoms with E-state index in [4.69, 9.17) is 13.9 Å². The first-order valence-corrected chi connectivity index (χ1v) is 13.4. The van der Waals surface area contributed by atoms with Gasteiger partial charge >= 0.3 is 5.97 Å². The van der Waals surface area contributed by atoms with Gasteiger partial charge in [-0.3, -0.25) is 9.36 Å². The van der Waals surface area contributed by atoms with Crippen molar-refractivity contribution >= 4 is 29.3 Å². The number of carbonyl (C=O) groups is 1. The van der Waals surface area contributed by atoms with Crippen molar-refractivity contribution in [2.75, 3.05) is 37.8 Å². The Balaban J connectivity index is 1.60. The molecule has 2 aliphatic heterocycles. The molecule has 1 atom stereocenters. The third kappa shape index (κ3) is 4.93. The van der Waals surface area contributed by atoms with Crippen LogP contribution in [0.3, 0.4) is 0 Å². The van der Waals surface area contributed by atoms with Gasteiger partial charge in [-0.2, -0.15) is 0 Å². The van der Waals surface area contributed by atoms with Crippen LogP contribution in [0, 0.1) is 0 Å². The van der Waals surface area contributed by atoms with Gasteiger partial charge in [-0.05, 0) is 37.0 Å². The quantitative estimate of drug-likeness (QED) is 0.463. The first kappa shape index (κ1) is 25.2. The molecule has 2 aliphatic rings. The Morgan fingerprint density at radius 3 is 2.59 bits per heavy atom. The molecular formula is C28H31N3O5S. The second-order valence-corrected chi connectivity index (χ2v) is 10.4. The number of aromatic nitrogens is 1. The largest absolute Gasteiger partial charge is 0.463 e. The number of anilines is 1. The third-order valence-electron chi connectivity index (χ3n) is 6.64. The van der Waals surface area contributed by atoms with E-state index in [2.05, 4.69) is 23.7 Å². The van der Waals surface area contributed by atoms with Crippen LogP contribution in [0.2, 0.25) is 0 Å². The number of nitrogens with zero attached hydrogens (tertiary/aromatic N) is 3. The lowest BCUT2D eigenvalue weighted by molar-refractivity contribution is -0.139.